The van der Waals surface area contributed by atoms with Crippen LogP contribution in [0, 0.1) is 0 Å². The molecule has 0 aliphatic carbocycles. The van der Waals surface area contributed by atoms with Crippen molar-refractivity contribution in [1.82, 2.24) is 4.98 Å². The number of pyridine rings is 1. The Morgan fingerprint density at radius 2 is 1.58 bits per heavy atom. The van der Waals surface area contributed by atoms with Gasteiger partial charge in [-0.2, -0.15) is 0 Å². The fourth-order valence-electron chi connectivity index (χ4n) is 4.64. The topological polar surface area (TPSA) is 76.1 Å². The summed E-state index contributed by atoms with van der Waals surface area (Å²) in [6.07, 6.45) is 3.51. The molecule has 3 heterocycles. The summed E-state index contributed by atoms with van der Waals surface area (Å²) >= 11 is 0. The number of methoxy groups -OCH3 is 2. The van der Waals surface area contributed by atoms with E-state index < -0.39 is 0 Å². The fourth-order valence-corrected chi connectivity index (χ4v) is 4.64. The fraction of sp³-hybridized carbons (Fsp3) is 0.154. The van der Waals surface area contributed by atoms with Crippen molar-refractivity contribution in [1.29, 1.82) is 0 Å². The SMILES string of the molecule is COc1cc2c(-c3cccnc3)c3c(c(-c4ccc5c(c4)OCO5)c2cc1OC)C(=O)OC3. The van der Waals surface area contributed by atoms with Gasteiger partial charge in [0.05, 0.1) is 19.8 Å². The summed E-state index contributed by atoms with van der Waals surface area (Å²) in [5.41, 5.74) is 4.72. The van der Waals surface area contributed by atoms with Crippen LogP contribution in [-0.2, 0) is 11.3 Å². The molecule has 3 aromatic carbocycles. The van der Waals surface area contributed by atoms with Crippen LogP contribution in [0.1, 0.15) is 15.9 Å². The van der Waals surface area contributed by atoms with Crippen molar-refractivity contribution < 1.29 is 28.5 Å². The second kappa shape index (κ2) is 7.41. The highest BCUT2D eigenvalue weighted by Crippen LogP contribution is 2.49. The van der Waals surface area contributed by atoms with E-state index in [9.17, 15) is 4.79 Å². The van der Waals surface area contributed by atoms with Crippen LogP contribution >= 0.6 is 0 Å². The molecule has 4 aromatic rings. The number of carbonyl (C=O) groups excluding carboxylic acids is 1. The smallest absolute Gasteiger partial charge is 0.339 e. The first-order valence-electron chi connectivity index (χ1n) is 10.4. The van der Waals surface area contributed by atoms with Crippen LogP contribution in [0.3, 0.4) is 0 Å². The molecule has 0 amide bonds. The normalized spacial score (nSPS) is 13.7. The maximum absolute atomic E-state index is 13.0. The van der Waals surface area contributed by atoms with E-state index in [2.05, 4.69) is 4.98 Å². The van der Waals surface area contributed by atoms with Crippen LogP contribution < -0.4 is 18.9 Å². The second-order valence-electron chi connectivity index (χ2n) is 7.74. The molecule has 0 bridgehead atoms. The van der Waals surface area contributed by atoms with E-state index in [0.717, 1.165) is 38.6 Å². The van der Waals surface area contributed by atoms with Gasteiger partial charge in [0.25, 0.3) is 0 Å². The Labute approximate surface area is 189 Å². The molecule has 0 N–H and O–H groups in total. The lowest BCUT2D eigenvalue weighted by molar-refractivity contribution is 0.0536. The minimum absolute atomic E-state index is 0.171. The number of benzene rings is 3. The Kier molecular flexibility index (Phi) is 4.36. The second-order valence-corrected chi connectivity index (χ2v) is 7.74. The van der Waals surface area contributed by atoms with Gasteiger partial charge < -0.3 is 23.7 Å². The van der Waals surface area contributed by atoms with Gasteiger partial charge in [0.15, 0.2) is 23.0 Å². The molecule has 6 rings (SSSR count). The van der Waals surface area contributed by atoms with Crippen molar-refractivity contribution in [2.75, 3.05) is 21.0 Å². The highest BCUT2D eigenvalue weighted by Gasteiger charge is 2.33. The zero-order valence-corrected chi connectivity index (χ0v) is 18.0. The number of ether oxygens (including phenoxy) is 5. The number of hydrogen-bond donors (Lipinski definition) is 0. The quantitative estimate of drug-likeness (QED) is 0.413. The third-order valence-electron chi connectivity index (χ3n) is 6.08. The predicted octanol–water partition coefficient (Wildman–Crippen LogP) is 4.99. The summed E-state index contributed by atoms with van der Waals surface area (Å²) in [6, 6.07) is 13.4. The van der Waals surface area contributed by atoms with E-state index in [1.54, 1.807) is 26.6 Å². The molecule has 1 aromatic heterocycles. The van der Waals surface area contributed by atoms with Crippen LogP contribution in [0.5, 0.6) is 23.0 Å². The third kappa shape index (κ3) is 2.89. The van der Waals surface area contributed by atoms with E-state index in [4.69, 9.17) is 23.7 Å². The lowest BCUT2D eigenvalue weighted by Gasteiger charge is -2.19. The summed E-state index contributed by atoms with van der Waals surface area (Å²) in [5, 5.41) is 1.74. The number of carbonyl (C=O) groups is 1. The Morgan fingerprint density at radius 1 is 0.818 bits per heavy atom. The summed E-state index contributed by atoms with van der Waals surface area (Å²) in [4.78, 5) is 17.3. The molecule has 0 fully saturated rings. The molecule has 0 spiro atoms. The molecule has 0 saturated heterocycles. The highest BCUT2D eigenvalue weighted by molar-refractivity contribution is 6.16. The van der Waals surface area contributed by atoms with E-state index in [1.807, 2.05) is 42.5 Å². The monoisotopic (exact) mass is 441 g/mol. The zero-order chi connectivity index (χ0) is 22.5. The largest absolute Gasteiger partial charge is 0.493 e. The molecule has 0 unspecified atom stereocenters. The Morgan fingerprint density at radius 3 is 2.30 bits per heavy atom. The van der Waals surface area contributed by atoms with Crippen molar-refractivity contribution in [3.8, 4) is 45.3 Å². The number of nitrogens with zero attached hydrogens (tertiary/aromatic N) is 1. The average molecular weight is 441 g/mol. The maximum atomic E-state index is 13.0. The number of esters is 1. The predicted molar refractivity (Wildman–Crippen MR) is 121 cm³/mol. The molecule has 0 radical (unpaired) electrons. The lowest BCUT2D eigenvalue weighted by Crippen LogP contribution is -2.02. The summed E-state index contributed by atoms with van der Waals surface area (Å²) in [7, 11) is 3.19. The minimum Gasteiger partial charge on any atom is -0.493 e. The van der Waals surface area contributed by atoms with Crippen molar-refractivity contribution in [3.63, 3.8) is 0 Å². The van der Waals surface area contributed by atoms with E-state index in [-0.39, 0.29) is 19.4 Å². The van der Waals surface area contributed by atoms with Crippen LogP contribution in [0.2, 0.25) is 0 Å². The standard InChI is InChI=1S/C26H19NO6/c1-29-20-9-16-17(10-21(20)30-2)24(14-5-6-19-22(8-14)33-13-32-19)25-18(12-31-26(25)28)23(16)15-4-3-7-27-11-15/h3-11H,12-13H2,1-2H3. The van der Waals surface area contributed by atoms with Crippen LogP contribution in [-0.4, -0.2) is 32.0 Å². The molecule has 164 valence electrons. The van der Waals surface area contributed by atoms with E-state index >= 15 is 0 Å². The lowest BCUT2D eigenvalue weighted by atomic mass is 9.84. The average Bonchev–Trinajstić information content (AvgIpc) is 3.48. The Bertz CT molecular complexity index is 1430. The molecular formula is C26H19NO6. The first-order valence-corrected chi connectivity index (χ1v) is 10.4. The van der Waals surface area contributed by atoms with Crippen molar-refractivity contribution >= 4 is 16.7 Å². The van der Waals surface area contributed by atoms with Gasteiger partial charge in [-0.3, -0.25) is 4.98 Å². The Balaban J connectivity index is 1.77. The van der Waals surface area contributed by atoms with Gasteiger partial charge in [-0.05, 0) is 52.2 Å². The van der Waals surface area contributed by atoms with E-state index in [1.165, 1.54) is 0 Å². The molecule has 7 heteroatoms. The number of rotatable bonds is 4. The van der Waals surface area contributed by atoms with Crippen LogP contribution in [0.4, 0.5) is 0 Å². The first-order chi connectivity index (χ1) is 16.2. The molecule has 2 aliphatic rings. The van der Waals surface area contributed by atoms with Crippen LogP contribution in [0.25, 0.3) is 33.0 Å². The van der Waals surface area contributed by atoms with Gasteiger partial charge in [-0.25, -0.2) is 4.79 Å². The van der Waals surface area contributed by atoms with Crippen LogP contribution in [0.15, 0.2) is 54.9 Å². The Hall–Kier alpha value is -4.26. The third-order valence-corrected chi connectivity index (χ3v) is 6.08. The summed E-state index contributed by atoms with van der Waals surface area (Å²) < 4.78 is 27.8. The zero-order valence-electron chi connectivity index (χ0n) is 18.0. The van der Waals surface area contributed by atoms with Gasteiger partial charge in [0.2, 0.25) is 6.79 Å². The number of fused-ring (bicyclic) bond motifs is 3. The molecule has 0 atom stereocenters. The first kappa shape index (κ1) is 19.4. The number of aromatic nitrogens is 1. The van der Waals surface area contributed by atoms with Crippen molar-refractivity contribution in [3.05, 3.63) is 66.0 Å². The highest BCUT2D eigenvalue weighted by atomic mass is 16.7. The van der Waals surface area contributed by atoms with Crippen molar-refractivity contribution in [2.45, 2.75) is 6.61 Å². The van der Waals surface area contributed by atoms with E-state index in [0.29, 0.717) is 28.6 Å². The minimum atomic E-state index is -0.362. The summed E-state index contributed by atoms with van der Waals surface area (Å²) in [6.45, 7) is 0.352. The molecule has 0 saturated carbocycles. The maximum Gasteiger partial charge on any atom is 0.339 e. The molecule has 33 heavy (non-hydrogen) atoms. The number of hydrogen-bond acceptors (Lipinski definition) is 7. The van der Waals surface area contributed by atoms with Gasteiger partial charge in [-0.15, -0.1) is 0 Å². The summed E-state index contributed by atoms with van der Waals surface area (Å²) in [5.74, 6) is 2.11. The molecule has 7 nitrogen and oxygen atoms in total. The van der Waals surface area contributed by atoms with Gasteiger partial charge >= 0.3 is 5.97 Å². The van der Waals surface area contributed by atoms with Gasteiger partial charge in [0, 0.05) is 29.1 Å². The molecule has 2 aliphatic heterocycles. The number of cyclic esters (lactones) is 1. The van der Waals surface area contributed by atoms with Gasteiger partial charge in [0.1, 0.15) is 6.61 Å². The van der Waals surface area contributed by atoms with Gasteiger partial charge in [-0.1, -0.05) is 12.1 Å². The molecular weight excluding hydrogens is 422 g/mol. The van der Waals surface area contributed by atoms with Crippen molar-refractivity contribution in [2.24, 2.45) is 0 Å².